The van der Waals surface area contributed by atoms with Crippen LogP contribution in [0.1, 0.15) is 193 Å². The zero-order valence-corrected chi connectivity index (χ0v) is 64.0. The molecule has 572 valence electrons. The van der Waals surface area contributed by atoms with Gasteiger partial charge in [-0.2, -0.15) is 11.8 Å². The molecule has 2 unspecified atom stereocenters. The second-order valence-corrected chi connectivity index (χ2v) is 32.3. The van der Waals surface area contributed by atoms with E-state index < -0.39 is 47.7 Å². The predicted octanol–water partition coefficient (Wildman–Crippen LogP) is 9.04. The average Bonchev–Trinajstić information content (AvgIpc) is 1.68. The Labute approximate surface area is 623 Å². The van der Waals surface area contributed by atoms with E-state index in [0.717, 1.165) is 106 Å². The second-order valence-electron chi connectivity index (χ2n) is 28.5. The molecule has 2 saturated heterocycles. The molecule has 2 aliphatic heterocycles. The van der Waals surface area contributed by atoms with Gasteiger partial charge in [-0.3, -0.25) is 38.4 Å². The van der Waals surface area contributed by atoms with Crippen LogP contribution in [0.15, 0.2) is 91.0 Å². The van der Waals surface area contributed by atoms with Crippen LogP contribution in [0.3, 0.4) is 0 Å². The molecule has 26 heteroatoms. The maximum Gasteiger partial charge on any atom is 0.407 e. The molecule has 0 radical (unpaired) electrons. The first-order chi connectivity index (χ1) is 49.6. The molecular formula is C77H119N11O12S3. The van der Waals surface area contributed by atoms with E-state index in [9.17, 15) is 53.1 Å². The molecule has 0 saturated carbocycles. The molecule has 0 aromatic heterocycles. The smallest absolute Gasteiger partial charge is 0.407 e. The molecule has 12 N–H and O–H groups in total. The van der Waals surface area contributed by atoms with Gasteiger partial charge in [-0.1, -0.05) is 152 Å². The number of carbonyl (C=O) groups is 10. The van der Waals surface area contributed by atoms with E-state index in [4.69, 9.17) is 4.74 Å². The highest BCUT2D eigenvalue weighted by Crippen LogP contribution is 2.33. The lowest BCUT2D eigenvalue weighted by Gasteiger charge is -2.30. The molecule has 0 spiro atoms. The van der Waals surface area contributed by atoms with E-state index in [1.807, 2.05) is 117 Å². The van der Waals surface area contributed by atoms with Crippen LogP contribution in [0.2, 0.25) is 0 Å². The molecule has 11 amide bonds. The number of aliphatic hydroxyl groups is 1. The van der Waals surface area contributed by atoms with Crippen molar-refractivity contribution in [2.75, 3.05) is 56.5 Å². The Balaban J connectivity index is 0.857. The quantitative estimate of drug-likeness (QED) is 0.0142. The number of carbonyl (C=O) groups excluding carboxylic acids is 10. The maximum atomic E-state index is 14.5. The number of nitrogens with one attached hydrogen (secondary N) is 11. The minimum Gasteiger partial charge on any atom is -0.444 e. The zero-order chi connectivity index (χ0) is 74.5. The normalized spacial score (nSPS) is 16.1. The maximum absolute atomic E-state index is 14.5. The Morgan fingerprint density at radius 1 is 0.524 bits per heavy atom. The molecule has 2 fully saturated rings. The SMILES string of the molecule is CC(C)C[C@H](CC(=O)N[C@@H](Cc1ccccc1)C(=O)NCCCCCNC(=O)CCCCCNC(=O)CCCCCNC(=O)CCCCCNC(=O)CSSCCNC(=O)CCCC[C@@H]1SCC2NC(=O)NC21)NC(=O)[C@H](Cc1ccccc1)C[C@H](O)[C@@H](Cc1ccccc1)NC(=O)OC(C)(C)C. The van der Waals surface area contributed by atoms with Crippen LogP contribution in [-0.2, 0) is 62.4 Å². The fraction of sp³-hybridized carbons (Fsp3) is 0.636. The van der Waals surface area contributed by atoms with E-state index in [1.54, 1.807) is 31.6 Å². The van der Waals surface area contributed by atoms with Gasteiger partial charge in [0, 0.05) is 107 Å². The van der Waals surface area contributed by atoms with Crippen LogP contribution in [0.25, 0.3) is 0 Å². The molecule has 2 heterocycles. The van der Waals surface area contributed by atoms with Gasteiger partial charge in [-0.05, 0) is 140 Å². The molecule has 8 atom stereocenters. The number of thioether (sulfide) groups is 1. The van der Waals surface area contributed by atoms with Gasteiger partial charge < -0.3 is 68.3 Å². The van der Waals surface area contributed by atoms with Gasteiger partial charge in [-0.25, -0.2) is 9.59 Å². The number of aliphatic hydroxyl groups excluding tert-OH is 1. The summed E-state index contributed by atoms with van der Waals surface area (Å²) in [5, 5.41) is 45.1. The van der Waals surface area contributed by atoms with E-state index in [2.05, 4.69) is 58.5 Å². The van der Waals surface area contributed by atoms with Gasteiger partial charge >= 0.3 is 12.1 Å². The number of hydrogen-bond donors (Lipinski definition) is 12. The van der Waals surface area contributed by atoms with Crippen LogP contribution in [0, 0.1) is 11.8 Å². The molecule has 5 rings (SSSR count). The van der Waals surface area contributed by atoms with Crippen molar-refractivity contribution in [2.45, 2.75) is 242 Å². The van der Waals surface area contributed by atoms with Gasteiger partial charge in [0.15, 0.2) is 0 Å². The molecule has 3 aromatic rings. The summed E-state index contributed by atoms with van der Waals surface area (Å²) in [6, 6.07) is 26.5. The van der Waals surface area contributed by atoms with Gasteiger partial charge in [-0.15, -0.1) is 0 Å². The molecule has 103 heavy (non-hydrogen) atoms. The average molecular weight is 1490 g/mol. The fourth-order valence-electron chi connectivity index (χ4n) is 12.4. The Hall–Kier alpha value is -7.03. The largest absolute Gasteiger partial charge is 0.444 e. The van der Waals surface area contributed by atoms with E-state index in [0.29, 0.717) is 114 Å². The first-order valence-electron chi connectivity index (χ1n) is 37.5. The number of fused-ring (bicyclic) bond motifs is 1. The van der Waals surface area contributed by atoms with Gasteiger partial charge in [0.05, 0.1) is 30.0 Å². The number of rotatable bonds is 53. The number of urea groups is 1. The van der Waals surface area contributed by atoms with Crippen molar-refractivity contribution in [2.24, 2.45) is 11.8 Å². The summed E-state index contributed by atoms with van der Waals surface area (Å²) in [5.74, 6) is 0.259. The van der Waals surface area contributed by atoms with Crippen molar-refractivity contribution in [3.63, 3.8) is 0 Å². The number of amides is 11. The minimum atomic E-state index is -1.15. The van der Waals surface area contributed by atoms with E-state index in [1.165, 1.54) is 10.8 Å². The Morgan fingerprint density at radius 2 is 1.00 bits per heavy atom. The predicted molar refractivity (Wildman–Crippen MR) is 412 cm³/mol. The Kier molecular flexibility index (Phi) is 42.4. The summed E-state index contributed by atoms with van der Waals surface area (Å²) in [4.78, 5) is 129. The van der Waals surface area contributed by atoms with Crippen LogP contribution in [-0.4, -0.2) is 168 Å². The number of benzene rings is 3. The number of alkyl carbamates (subject to hydrolysis) is 1. The highest BCUT2D eigenvalue weighted by atomic mass is 33.1. The zero-order valence-electron chi connectivity index (χ0n) is 61.6. The molecule has 23 nitrogen and oxygen atoms in total. The standard InChI is InChI=1S/C77H119N11O12S3/c1-55(2)47-60(84-73(96)59(48-56-29-13-6-14-30-56)51-64(89)61(49-57-31-15-7-16-32-57)87-76(99)100-77(3,4)5)52-70(94)85-62(50-58-33-17-8-18-34-58)74(97)83-44-28-12-27-42-80-68(92)37-20-10-25-40-78-66(90)36-19-9-24-41-79-67(91)38-21-11-26-43-81-71(95)54-103-102-46-45-82-69(93)39-23-22-35-65-72-63(53-101-65)86-75(98)88-72/h6-8,13-18,29-34,55,59-65,72,89H,9-12,19-28,35-54H2,1-5H3,(H,78,90)(H,79,91)(H,80,92)(H,81,95)(H,82,93)(H,83,97)(H,84,96)(H,85,94)(H,87,99)(H2,86,88,98)/t59-,60-,61-,62+,63?,64+,65+,72?/m1/s1. The van der Waals surface area contributed by atoms with Gasteiger partial charge in [0.2, 0.25) is 47.3 Å². The first-order valence-corrected chi connectivity index (χ1v) is 41.1. The second kappa shape index (κ2) is 50.4. The lowest BCUT2D eigenvalue weighted by atomic mass is 9.88. The van der Waals surface area contributed by atoms with Crippen LogP contribution in [0.4, 0.5) is 9.59 Å². The van der Waals surface area contributed by atoms with Crippen LogP contribution >= 0.6 is 33.3 Å². The molecular weight excluding hydrogens is 1370 g/mol. The summed E-state index contributed by atoms with van der Waals surface area (Å²) in [7, 11) is 3.03. The summed E-state index contributed by atoms with van der Waals surface area (Å²) in [5.41, 5.74) is 1.86. The van der Waals surface area contributed by atoms with E-state index in [-0.39, 0.29) is 84.6 Å². The lowest BCUT2D eigenvalue weighted by molar-refractivity contribution is -0.130. The van der Waals surface area contributed by atoms with Gasteiger partial charge in [0.1, 0.15) is 11.6 Å². The third-order valence-electron chi connectivity index (χ3n) is 17.7. The molecule has 2 aliphatic rings. The first kappa shape index (κ1) is 86.6. The summed E-state index contributed by atoms with van der Waals surface area (Å²) < 4.78 is 5.57. The monoisotopic (exact) mass is 1490 g/mol. The Bertz CT molecular complexity index is 3010. The number of unbranched alkanes of at least 4 members (excludes halogenated alkanes) is 9. The lowest BCUT2D eigenvalue weighted by Crippen LogP contribution is -2.51. The Morgan fingerprint density at radius 3 is 1.52 bits per heavy atom. The third kappa shape index (κ3) is 39.6. The van der Waals surface area contributed by atoms with E-state index >= 15 is 0 Å². The van der Waals surface area contributed by atoms with Crippen molar-refractivity contribution in [3.05, 3.63) is 108 Å². The fourth-order valence-corrected chi connectivity index (χ4v) is 15.7. The topological polar surface area (TPSA) is 332 Å². The van der Waals surface area contributed by atoms with Crippen LogP contribution in [0.5, 0.6) is 0 Å². The summed E-state index contributed by atoms with van der Waals surface area (Å²) in [6.07, 6.45) is 13.0. The van der Waals surface area contributed by atoms with Crippen molar-refractivity contribution >= 4 is 92.7 Å². The van der Waals surface area contributed by atoms with Crippen LogP contribution < -0.4 is 58.5 Å². The molecule has 3 aromatic carbocycles. The van der Waals surface area contributed by atoms with Crippen molar-refractivity contribution < 1.29 is 57.8 Å². The third-order valence-corrected chi connectivity index (χ3v) is 21.5. The molecule has 0 bridgehead atoms. The minimum absolute atomic E-state index is 0.00374. The summed E-state index contributed by atoms with van der Waals surface area (Å²) in [6.45, 7) is 12.4. The van der Waals surface area contributed by atoms with Crippen molar-refractivity contribution in [1.82, 2.24) is 58.5 Å². The number of ether oxygens (including phenoxy) is 1. The van der Waals surface area contributed by atoms with Gasteiger partial charge in [0.25, 0.3) is 0 Å². The summed E-state index contributed by atoms with van der Waals surface area (Å²) >= 11 is 1.89. The highest BCUT2D eigenvalue weighted by molar-refractivity contribution is 8.76. The number of hydrogen-bond acceptors (Lipinski definition) is 15. The molecule has 0 aliphatic carbocycles. The van der Waals surface area contributed by atoms with Crippen molar-refractivity contribution in [3.8, 4) is 0 Å². The van der Waals surface area contributed by atoms with Crippen molar-refractivity contribution in [1.29, 1.82) is 0 Å². The highest BCUT2D eigenvalue weighted by Gasteiger charge is 2.42.